The third kappa shape index (κ3) is 2.67. The molecule has 0 aromatic carbocycles. The van der Waals surface area contributed by atoms with Gasteiger partial charge in [-0.2, -0.15) is 0 Å². The lowest BCUT2D eigenvalue weighted by atomic mass is 10.2. The van der Waals surface area contributed by atoms with Crippen LogP contribution in [0.3, 0.4) is 0 Å². The van der Waals surface area contributed by atoms with E-state index >= 15 is 0 Å². The van der Waals surface area contributed by atoms with Gasteiger partial charge in [-0.05, 0) is 19.3 Å². The van der Waals surface area contributed by atoms with Crippen molar-refractivity contribution in [2.75, 3.05) is 6.54 Å². The number of nitrogens with one attached hydrogen (secondary N) is 1. The molecule has 1 aliphatic carbocycles. The molecule has 2 heteroatoms. The summed E-state index contributed by atoms with van der Waals surface area (Å²) in [5.41, 5.74) is 5.57. The molecular weight excluding hydrogens is 124 g/mol. The second kappa shape index (κ2) is 3.94. The van der Waals surface area contributed by atoms with Crippen molar-refractivity contribution < 1.29 is 0 Å². The summed E-state index contributed by atoms with van der Waals surface area (Å²) in [4.78, 5) is 0. The van der Waals surface area contributed by atoms with Gasteiger partial charge in [-0.1, -0.05) is 13.3 Å². The van der Waals surface area contributed by atoms with Crippen LogP contribution >= 0.6 is 0 Å². The Morgan fingerprint density at radius 3 is 2.70 bits per heavy atom. The van der Waals surface area contributed by atoms with Crippen molar-refractivity contribution in [1.29, 1.82) is 0 Å². The van der Waals surface area contributed by atoms with Crippen molar-refractivity contribution in [2.24, 2.45) is 5.73 Å². The van der Waals surface area contributed by atoms with E-state index in [0.717, 1.165) is 12.6 Å². The summed E-state index contributed by atoms with van der Waals surface area (Å²) in [6.45, 7) is 3.00. The highest BCUT2D eigenvalue weighted by Gasteiger charge is 2.23. The maximum Gasteiger partial charge on any atom is 0.0192 e. The van der Waals surface area contributed by atoms with Crippen molar-refractivity contribution in [1.82, 2.24) is 5.32 Å². The van der Waals surface area contributed by atoms with Crippen LogP contribution in [0.5, 0.6) is 0 Å². The molecule has 10 heavy (non-hydrogen) atoms. The van der Waals surface area contributed by atoms with Crippen molar-refractivity contribution in [2.45, 2.75) is 44.7 Å². The summed E-state index contributed by atoms with van der Waals surface area (Å²) in [5.74, 6) is 0. The maximum absolute atomic E-state index is 5.57. The molecule has 0 bridgehead atoms. The van der Waals surface area contributed by atoms with Crippen LogP contribution in [0.4, 0.5) is 0 Å². The Morgan fingerprint density at radius 2 is 2.30 bits per heavy atom. The van der Waals surface area contributed by atoms with Gasteiger partial charge in [-0.25, -0.2) is 0 Å². The Hall–Kier alpha value is -0.0800. The Morgan fingerprint density at radius 1 is 1.60 bits per heavy atom. The molecule has 0 aromatic heterocycles. The molecule has 1 atom stereocenters. The lowest BCUT2D eigenvalue weighted by molar-refractivity contribution is 0.480. The second-order valence-corrected chi connectivity index (χ2v) is 3.16. The average Bonchev–Trinajstić information content (AvgIpc) is 2.71. The third-order valence-corrected chi connectivity index (χ3v) is 1.97. The van der Waals surface area contributed by atoms with Crippen LogP contribution in [0.25, 0.3) is 0 Å². The quantitative estimate of drug-likeness (QED) is 0.597. The highest BCUT2D eigenvalue weighted by Crippen LogP contribution is 2.19. The molecular formula is C8H18N2. The monoisotopic (exact) mass is 142 g/mol. The zero-order valence-corrected chi connectivity index (χ0v) is 6.77. The molecule has 0 saturated heterocycles. The summed E-state index contributed by atoms with van der Waals surface area (Å²) >= 11 is 0. The molecule has 0 aliphatic heterocycles. The molecule has 0 radical (unpaired) electrons. The van der Waals surface area contributed by atoms with Crippen LogP contribution in [0.2, 0.25) is 0 Å². The zero-order valence-electron chi connectivity index (χ0n) is 6.77. The largest absolute Gasteiger partial charge is 0.329 e. The Kier molecular flexibility index (Phi) is 3.16. The summed E-state index contributed by atoms with van der Waals surface area (Å²) < 4.78 is 0. The fourth-order valence-electron chi connectivity index (χ4n) is 1.20. The fraction of sp³-hybridized carbons (Fsp3) is 1.00. The molecule has 1 unspecified atom stereocenters. The molecule has 0 heterocycles. The zero-order chi connectivity index (χ0) is 7.40. The van der Waals surface area contributed by atoms with Gasteiger partial charge in [0.1, 0.15) is 0 Å². The molecule has 1 fully saturated rings. The van der Waals surface area contributed by atoms with Crippen LogP contribution in [0.1, 0.15) is 32.6 Å². The van der Waals surface area contributed by atoms with Gasteiger partial charge in [-0.15, -0.1) is 0 Å². The minimum atomic E-state index is 0.581. The Labute approximate surface area is 63.2 Å². The summed E-state index contributed by atoms with van der Waals surface area (Å²) in [7, 11) is 0. The van der Waals surface area contributed by atoms with E-state index in [9.17, 15) is 0 Å². The standard InChI is InChI=1S/C8H18N2/c1-2-3-8(6-9)10-7-4-5-7/h7-8,10H,2-6,9H2,1H3. The van der Waals surface area contributed by atoms with E-state index in [1.165, 1.54) is 25.7 Å². The molecule has 0 aromatic rings. The molecule has 60 valence electrons. The van der Waals surface area contributed by atoms with Crippen LogP contribution in [0, 0.1) is 0 Å². The first-order valence-corrected chi connectivity index (χ1v) is 4.33. The van der Waals surface area contributed by atoms with Gasteiger partial charge in [0.05, 0.1) is 0 Å². The van der Waals surface area contributed by atoms with E-state index in [-0.39, 0.29) is 0 Å². The number of rotatable bonds is 5. The van der Waals surface area contributed by atoms with E-state index < -0.39 is 0 Å². The summed E-state index contributed by atoms with van der Waals surface area (Å²) in [6, 6.07) is 1.39. The summed E-state index contributed by atoms with van der Waals surface area (Å²) in [5, 5.41) is 3.52. The first-order valence-electron chi connectivity index (χ1n) is 4.33. The molecule has 0 spiro atoms. The first-order chi connectivity index (χ1) is 4.86. The minimum absolute atomic E-state index is 0.581. The minimum Gasteiger partial charge on any atom is -0.329 e. The predicted molar refractivity (Wildman–Crippen MR) is 43.9 cm³/mol. The van der Waals surface area contributed by atoms with Gasteiger partial charge in [0.2, 0.25) is 0 Å². The van der Waals surface area contributed by atoms with Crippen LogP contribution in [-0.4, -0.2) is 18.6 Å². The molecule has 1 saturated carbocycles. The van der Waals surface area contributed by atoms with Gasteiger partial charge in [-0.3, -0.25) is 0 Å². The highest BCUT2D eigenvalue weighted by molar-refractivity contribution is 4.84. The maximum atomic E-state index is 5.57. The van der Waals surface area contributed by atoms with Crippen molar-refractivity contribution in [3.8, 4) is 0 Å². The van der Waals surface area contributed by atoms with E-state index in [1.807, 2.05) is 0 Å². The van der Waals surface area contributed by atoms with Crippen LogP contribution in [0.15, 0.2) is 0 Å². The van der Waals surface area contributed by atoms with Crippen molar-refractivity contribution in [3.05, 3.63) is 0 Å². The van der Waals surface area contributed by atoms with Crippen molar-refractivity contribution >= 4 is 0 Å². The normalized spacial score (nSPS) is 21.0. The van der Waals surface area contributed by atoms with Gasteiger partial charge >= 0.3 is 0 Å². The number of nitrogens with two attached hydrogens (primary N) is 1. The van der Waals surface area contributed by atoms with E-state index in [1.54, 1.807) is 0 Å². The number of hydrogen-bond acceptors (Lipinski definition) is 2. The second-order valence-electron chi connectivity index (χ2n) is 3.16. The van der Waals surface area contributed by atoms with Gasteiger partial charge < -0.3 is 11.1 Å². The van der Waals surface area contributed by atoms with Gasteiger partial charge in [0.25, 0.3) is 0 Å². The van der Waals surface area contributed by atoms with Crippen LogP contribution in [-0.2, 0) is 0 Å². The Bertz CT molecular complexity index is 89.3. The topological polar surface area (TPSA) is 38.0 Å². The molecule has 1 aliphatic rings. The van der Waals surface area contributed by atoms with E-state index in [2.05, 4.69) is 12.2 Å². The van der Waals surface area contributed by atoms with Gasteiger partial charge in [0.15, 0.2) is 0 Å². The molecule has 1 rings (SSSR count). The SMILES string of the molecule is CCCC(CN)NC1CC1. The first kappa shape index (κ1) is 8.02. The predicted octanol–water partition coefficient (Wildman–Crippen LogP) is 0.866. The van der Waals surface area contributed by atoms with Crippen LogP contribution < -0.4 is 11.1 Å². The lowest BCUT2D eigenvalue weighted by Gasteiger charge is -2.14. The van der Waals surface area contributed by atoms with E-state index in [4.69, 9.17) is 5.73 Å². The lowest BCUT2D eigenvalue weighted by Crippen LogP contribution is -2.37. The van der Waals surface area contributed by atoms with E-state index in [0.29, 0.717) is 6.04 Å². The highest BCUT2D eigenvalue weighted by atomic mass is 15.0. The molecule has 0 amide bonds. The molecule has 3 N–H and O–H groups in total. The van der Waals surface area contributed by atoms with Gasteiger partial charge in [0, 0.05) is 18.6 Å². The smallest absolute Gasteiger partial charge is 0.0192 e. The van der Waals surface area contributed by atoms with Crippen molar-refractivity contribution in [3.63, 3.8) is 0 Å². The third-order valence-electron chi connectivity index (χ3n) is 1.97. The molecule has 2 nitrogen and oxygen atoms in total. The summed E-state index contributed by atoms with van der Waals surface area (Å²) in [6.07, 6.45) is 5.19. The Balaban J connectivity index is 2.05. The number of hydrogen-bond donors (Lipinski definition) is 2. The average molecular weight is 142 g/mol. The fourth-order valence-corrected chi connectivity index (χ4v) is 1.20.